The summed E-state index contributed by atoms with van der Waals surface area (Å²) in [6.45, 7) is 3.41. The van der Waals surface area contributed by atoms with Gasteiger partial charge < -0.3 is 15.0 Å². The van der Waals surface area contributed by atoms with Crippen LogP contribution < -0.4 is 10.1 Å². The van der Waals surface area contributed by atoms with Crippen molar-refractivity contribution in [3.63, 3.8) is 0 Å². The van der Waals surface area contributed by atoms with Crippen LogP contribution >= 0.6 is 0 Å². The number of methoxy groups -OCH3 is 1. The molecule has 1 aliphatic carbocycles. The number of rotatable bonds is 7. The normalized spacial score (nSPS) is 14.0. The molecule has 1 aromatic carbocycles. The first-order chi connectivity index (χ1) is 12.0. The standard InChI is InChI=1S/C19H26N4O2/c1-13-17(19(24)20-11-12-22(2)3)18(14-5-6-14)21-23(13)15-7-9-16(25-4)10-8-15/h7-10,14H,5-6,11-12H2,1-4H3,(H,20,24). The van der Waals surface area contributed by atoms with Crippen molar-refractivity contribution in [2.45, 2.75) is 25.7 Å². The molecular weight excluding hydrogens is 316 g/mol. The number of aromatic nitrogens is 2. The fourth-order valence-electron chi connectivity index (χ4n) is 2.90. The average Bonchev–Trinajstić information content (AvgIpc) is 3.38. The Morgan fingerprint density at radius 3 is 2.56 bits per heavy atom. The van der Waals surface area contributed by atoms with Crippen LogP contribution in [0.4, 0.5) is 0 Å². The lowest BCUT2D eigenvalue weighted by molar-refractivity contribution is 0.0949. The van der Waals surface area contributed by atoms with Crippen molar-refractivity contribution in [2.75, 3.05) is 34.3 Å². The third kappa shape index (κ3) is 3.85. The van der Waals surface area contributed by atoms with Crippen molar-refractivity contribution >= 4 is 5.91 Å². The van der Waals surface area contributed by atoms with Crippen LogP contribution in [0.25, 0.3) is 5.69 Å². The molecule has 1 saturated carbocycles. The van der Waals surface area contributed by atoms with Gasteiger partial charge in [0.05, 0.1) is 29.7 Å². The summed E-state index contributed by atoms with van der Waals surface area (Å²) < 4.78 is 7.09. The summed E-state index contributed by atoms with van der Waals surface area (Å²) in [5, 5.41) is 7.79. The van der Waals surface area contributed by atoms with Gasteiger partial charge >= 0.3 is 0 Å². The predicted octanol–water partition coefficient (Wildman–Crippen LogP) is 2.36. The summed E-state index contributed by atoms with van der Waals surface area (Å²) in [7, 11) is 5.64. The Balaban J connectivity index is 1.89. The Bertz CT molecular complexity index is 746. The molecule has 0 unspecified atom stereocenters. The number of amides is 1. The summed E-state index contributed by atoms with van der Waals surface area (Å²) >= 11 is 0. The molecule has 1 amide bonds. The second-order valence-corrected chi connectivity index (χ2v) is 6.79. The molecule has 0 atom stereocenters. The molecule has 1 aliphatic rings. The van der Waals surface area contributed by atoms with Crippen LogP contribution in [0.2, 0.25) is 0 Å². The van der Waals surface area contributed by atoms with Crippen molar-refractivity contribution in [1.82, 2.24) is 20.0 Å². The topological polar surface area (TPSA) is 59.4 Å². The highest BCUT2D eigenvalue weighted by Crippen LogP contribution is 2.42. The second kappa shape index (κ2) is 7.27. The molecule has 2 aromatic rings. The van der Waals surface area contributed by atoms with Crippen LogP contribution in [-0.2, 0) is 0 Å². The molecule has 1 N–H and O–H groups in total. The van der Waals surface area contributed by atoms with Gasteiger partial charge in [-0.2, -0.15) is 5.10 Å². The molecule has 1 heterocycles. The van der Waals surface area contributed by atoms with E-state index in [0.717, 1.165) is 47.8 Å². The second-order valence-electron chi connectivity index (χ2n) is 6.79. The molecule has 0 bridgehead atoms. The fraction of sp³-hybridized carbons (Fsp3) is 0.474. The lowest BCUT2D eigenvalue weighted by Gasteiger charge is -2.11. The smallest absolute Gasteiger partial charge is 0.255 e. The molecule has 6 heteroatoms. The zero-order valence-electron chi connectivity index (χ0n) is 15.4. The minimum Gasteiger partial charge on any atom is -0.497 e. The van der Waals surface area contributed by atoms with Crippen molar-refractivity contribution < 1.29 is 9.53 Å². The molecule has 0 aliphatic heterocycles. The largest absolute Gasteiger partial charge is 0.497 e. The van der Waals surface area contributed by atoms with E-state index >= 15 is 0 Å². The molecule has 25 heavy (non-hydrogen) atoms. The van der Waals surface area contributed by atoms with Gasteiger partial charge in [-0.05, 0) is 58.1 Å². The third-order valence-corrected chi connectivity index (χ3v) is 4.50. The van der Waals surface area contributed by atoms with Gasteiger partial charge in [-0.25, -0.2) is 4.68 Å². The number of benzene rings is 1. The lowest BCUT2D eigenvalue weighted by Crippen LogP contribution is -2.32. The Hall–Kier alpha value is -2.34. The lowest BCUT2D eigenvalue weighted by atomic mass is 10.1. The summed E-state index contributed by atoms with van der Waals surface area (Å²) in [5.41, 5.74) is 3.48. The summed E-state index contributed by atoms with van der Waals surface area (Å²) in [6, 6.07) is 7.74. The number of nitrogens with zero attached hydrogens (tertiary/aromatic N) is 3. The van der Waals surface area contributed by atoms with E-state index in [4.69, 9.17) is 9.84 Å². The molecule has 0 saturated heterocycles. The summed E-state index contributed by atoms with van der Waals surface area (Å²) in [6.07, 6.45) is 2.22. The number of nitrogens with one attached hydrogen (secondary N) is 1. The van der Waals surface area contributed by atoms with Crippen molar-refractivity contribution in [1.29, 1.82) is 0 Å². The van der Waals surface area contributed by atoms with Crippen LogP contribution in [0, 0.1) is 6.92 Å². The van der Waals surface area contributed by atoms with E-state index in [9.17, 15) is 4.79 Å². The van der Waals surface area contributed by atoms with Crippen LogP contribution in [0.1, 0.15) is 40.5 Å². The zero-order valence-corrected chi connectivity index (χ0v) is 15.4. The van der Waals surface area contributed by atoms with Crippen molar-refractivity contribution in [2.24, 2.45) is 0 Å². The van der Waals surface area contributed by atoms with E-state index in [-0.39, 0.29) is 5.91 Å². The van der Waals surface area contributed by atoms with Gasteiger partial charge in [0.25, 0.3) is 5.91 Å². The number of ether oxygens (including phenoxy) is 1. The molecule has 3 rings (SSSR count). The molecule has 1 fully saturated rings. The van der Waals surface area contributed by atoms with Crippen LogP contribution in [0.15, 0.2) is 24.3 Å². The average molecular weight is 342 g/mol. The van der Waals surface area contributed by atoms with E-state index in [1.165, 1.54) is 0 Å². The van der Waals surface area contributed by atoms with Crippen LogP contribution in [-0.4, -0.2) is 54.9 Å². The quantitative estimate of drug-likeness (QED) is 0.839. The molecule has 0 spiro atoms. The van der Waals surface area contributed by atoms with Crippen LogP contribution in [0.3, 0.4) is 0 Å². The Kier molecular flexibility index (Phi) is 5.08. The maximum Gasteiger partial charge on any atom is 0.255 e. The molecule has 0 radical (unpaired) electrons. The minimum absolute atomic E-state index is 0.0268. The molecular formula is C19H26N4O2. The zero-order chi connectivity index (χ0) is 18.0. The number of hydrogen-bond acceptors (Lipinski definition) is 4. The van der Waals surface area contributed by atoms with E-state index in [1.54, 1.807) is 7.11 Å². The number of likely N-dealkylation sites (N-methyl/N-ethyl adjacent to an activating group) is 1. The highest BCUT2D eigenvalue weighted by atomic mass is 16.5. The molecule has 6 nitrogen and oxygen atoms in total. The van der Waals surface area contributed by atoms with Gasteiger partial charge in [0.1, 0.15) is 5.75 Å². The molecule has 134 valence electrons. The van der Waals surface area contributed by atoms with Crippen LogP contribution in [0.5, 0.6) is 5.75 Å². The minimum atomic E-state index is -0.0268. The number of carbonyl (C=O) groups is 1. The molecule has 1 aromatic heterocycles. The Labute approximate surface area is 148 Å². The highest BCUT2D eigenvalue weighted by molar-refractivity contribution is 5.97. The van der Waals surface area contributed by atoms with Gasteiger partial charge in [-0.1, -0.05) is 0 Å². The first kappa shape index (κ1) is 17.5. The van der Waals surface area contributed by atoms with E-state index < -0.39 is 0 Å². The fourth-order valence-corrected chi connectivity index (χ4v) is 2.90. The number of carbonyl (C=O) groups excluding carboxylic acids is 1. The SMILES string of the molecule is COc1ccc(-n2nc(C3CC3)c(C(=O)NCCN(C)C)c2C)cc1. The van der Waals surface area contributed by atoms with Gasteiger partial charge in [0.15, 0.2) is 0 Å². The maximum absolute atomic E-state index is 12.7. The highest BCUT2D eigenvalue weighted by Gasteiger charge is 2.33. The first-order valence-electron chi connectivity index (χ1n) is 8.68. The van der Waals surface area contributed by atoms with Crippen molar-refractivity contribution in [3.05, 3.63) is 41.2 Å². The van der Waals surface area contributed by atoms with Gasteiger partial charge in [-0.3, -0.25) is 4.79 Å². The van der Waals surface area contributed by atoms with E-state index in [0.29, 0.717) is 12.5 Å². The van der Waals surface area contributed by atoms with Crippen molar-refractivity contribution in [3.8, 4) is 11.4 Å². The number of hydrogen-bond donors (Lipinski definition) is 1. The van der Waals surface area contributed by atoms with Gasteiger partial charge in [0.2, 0.25) is 0 Å². The van der Waals surface area contributed by atoms with Gasteiger partial charge in [-0.15, -0.1) is 0 Å². The first-order valence-corrected chi connectivity index (χ1v) is 8.68. The predicted molar refractivity (Wildman–Crippen MR) is 97.7 cm³/mol. The van der Waals surface area contributed by atoms with E-state index in [2.05, 4.69) is 10.2 Å². The monoisotopic (exact) mass is 342 g/mol. The summed E-state index contributed by atoms with van der Waals surface area (Å²) in [5.74, 6) is 1.19. The van der Waals surface area contributed by atoms with Gasteiger partial charge in [0, 0.05) is 19.0 Å². The third-order valence-electron chi connectivity index (χ3n) is 4.50. The Morgan fingerprint density at radius 1 is 1.32 bits per heavy atom. The maximum atomic E-state index is 12.7. The summed E-state index contributed by atoms with van der Waals surface area (Å²) in [4.78, 5) is 14.8. The van der Waals surface area contributed by atoms with E-state index in [1.807, 2.05) is 50.0 Å². The Morgan fingerprint density at radius 2 is 2.00 bits per heavy atom.